The Balaban J connectivity index is 1.56. The summed E-state index contributed by atoms with van der Waals surface area (Å²) in [6, 6.07) is 14.2. The molecule has 0 radical (unpaired) electrons. The molecule has 166 valence electrons. The number of nitrogens with zero attached hydrogens (tertiary/aromatic N) is 3. The lowest BCUT2D eigenvalue weighted by atomic mass is 9.94. The zero-order valence-electron chi connectivity index (χ0n) is 17.6. The van der Waals surface area contributed by atoms with E-state index in [-0.39, 0.29) is 11.7 Å². The first-order valence-corrected chi connectivity index (χ1v) is 10.5. The number of likely N-dealkylation sites (tertiary alicyclic amines) is 1. The van der Waals surface area contributed by atoms with Crippen LogP contribution < -0.4 is 10.6 Å². The predicted molar refractivity (Wildman–Crippen MR) is 115 cm³/mol. The Bertz CT molecular complexity index is 1090. The van der Waals surface area contributed by atoms with Crippen molar-refractivity contribution < 1.29 is 18.5 Å². The highest BCUT2D eigenvalue weighted by Gasteiger charge is 2.34. The van der Waals surface area contributed by atoms with Gasteiger partial charge in [0.1, 0.15) is 11.9 Å². The van der Waals surface area contributed by atoms with Crippen LogP contribution in [0.5, 0.6) is 0 Å². The molecule has 4 rings (SSSR count). The number of amides is 3. The van der Waals surface area contributed by atoms with Gasteiger partial charge in [-0.05, 0) is 37.1 Å². The number of benzene rings is 2. The van der Waals surface area contributed by atoms with Gasteiger partial charge in [0, 0.05) is 19.2 Å². The smallest absolute Gasteiger partial charge is 0.321 e. The molecule has 1 saturated heterocycles. The third-order valence-corrected chi connectivity index (χ3v) is 5.52. The van der Waals surface area contributed by atoms with Gasteiger partial charge in [-0.1, -0.05) is 47.6 Å². The molecular formula is C23H24FN5O3. The van der Waals surface area contributed by atoms with Gasteiger partial charge < -0.3 is 9.84 Å². The van der Waals surface area contributed by atoms with Crippen LogP contribution in [-0.2, 0) is 4.79 Å². The normalized spacial score (nSPS) is 17.5. The Morgan fingerprint density at radius 3 is 2.75 bits per heavy atom. The maximum absolute atomic E-state index is 13.5. The van der Waals surface area contributed by atoms with Crippen molar-refractivity contribution in [2.75, 3.05) is 20.1 Å². The van der Waals surface area contributed by atoms with Crippen LogP contribution >= 0.6 is 0 Å². The summed E-state index contributed by atoms with van der Waals surface area (Å²) < 4.78 is 19.0. The van der Waals surface area contributed by atoms with Crippen LogP contribution in [0.3, 0.4) is 0 Å². The van der Waals surface area contributed by atoms with Crippen molar-refractivity contribution >= 4 is 11.9 Å². The Morgan fingerprint density at radius 1 is 1.19 bits per heavy atom. The minimum absolute atomic E-state index is 0.0856. The van der Waals surface area contributed by atoms with Crippen LogP contribution in [0, 0.1) is 5.82 Å². The van der Waals surface area contributed by atoms with Gasteiger partial charge in [0.2, 0.25) is 17.6 Å². The first kappa shape index (κ1) is 21.6. The van der Waals surface area contributed by atoms with Crippen LogP contribution in [0.15, 0.2) is 59.1 Å². The largest absolute Gasteiger partial charge is 0.341 e. The number of hydrogen-bond acceptors (Lipinski definition) is 6. The summed E-state index contributed by atoms with van der Waals surface area (Å²) in [7, 11) is 1.46. The molecule has 2 unspecified atom stereocenters. The first-order chi connectivity index (χ1) is 15.5. The second-order valence-electron chi connectivity index (χ2n) is 7.68. The zero-order chi connectivity index (χ0) is 22.5. The van der Waals surface area contributed by atoms with Gasteiger partial charge in [0.05, 0.1) is 5.92 Å². The lowest BCUT2D eigenvalue weighted by Gasteiger charge is -2.36. The van der Waals surface area contributed by atoms with E-state index in [2.05, 4.69) is 20.8 Å². The number of carbonyl (C=O) groups is 2. The quantitative estimate of drug-likeness (QED) is 0.636. The van der Waals surface area contributed by atoms with Gasteiger partial charge in [-0.3, -0.25) is 15.0 Å². The highest BCUT2D eigenvalue weighted by atomic mass is 19.1. The summed E-state index contributed by atoms with van der Waals surface area (Å²) in [6.07, 6.45) is 1.64. The van der Waals surface area contributed by atoms with Crippen LogP contribution in [-0.4, -0.2) is 47.1 Å². The molecule has 2 heterocycles. The maximum Gasteiger partial charge on any atom is 0.321 e. The fraction of sp³-hybridized carbons (Fsp3) is 0.304. The molecule has 0 saturated carbocycles. The number of imide groups is 1. The van der Waals surface area contributed by atoms with E-state index in [0.717, 1.165) is 18.4 Å². The number of nitrogens with one attached hydrogen (secondary N) is 2. The van der Waals surface area contributed by atoms with Gasteiger partial charge in [-0.25, -0.2) is 9.18 Å². The van der Waals surface area contributed by atoms with E-state index in [0.29, 0.717) is 30.4 Å². The molecule has 1 fully saturated rings. The molecule has 3 aromatic rings. The molecule has 3 amide bonds. The number of rotatable bonds is 5. The number of hydrogen-bond donors (Lipinski definition) is 2. The minimum Gasteiger partial charge on any atom is -0.341 e. The zero-order valence-corrected chi connectivity index (χ0v) is 17.6. The molecule has 2 aromatic carbocycles. The molecule has 2 N–H and O–H groups in total. The maximum atomic E-state index is 13.5. The van der Waals surface area contributed by atoms with Gasteiger partial charge >= 0.3 is 6.03 Å². The third kappa shape index (κ3) is 4.83. The number of aromatic nitrogens is 2. The number of carbonyl (C=O) groups excluding carboxylic acids is 2. The summed E-state index contributed by atoms with van der Waals surface area (Å²) >= 11 is 0. The summed E-state index contributed by atoms with van der Waals surface area (Å²) in [5, 5.41) is 8.82. The molecule has 8 nitrogen and oxygen atoms in total. The number of halogens is 1. The Kier molecular flexibility index (Phi) is 6.55. The van der Waals surface area contributed by atoms with Crippen LogP contribution in [0.2, 0.25) is 0 Å². The second kappa shape index (κ2) is 9.69. The van der Waals surface area contributed by atoms with Crippen molar-refractivity contribution in [1.82, 2.24) is 25.7 Å². The van der Waals surface area contributed by atoms with E-state index in [4.69, 9.17) is 4.52 Å². The fourth-order valence-corrected chi connectivity index (χ4v) is 3.99. The standard InChI is InChI=1S/C23H24FN5O3/c1-25-23(31)27-21(30)19(15-7-3-2-4-8-15)29-12-6-10-17(14-29)22-26-20(28-32-22)16-9-5-11-18(24)13-16/h2-5,7-9,11,13,17,19H,6,10,12,14H2,1H3,(H2,25,27,30,31). The van der Waals surface area contributed by atoms with E-state index in [1.165, 1.54) is 19.2 Å². The summed E-state index contributed by atoms with van der Waals surface area (Å²) in [5.41, 5.74) is 1.33. The SMILES string of the molecule is CNC(=O)NC(=O)C(c1ccccc1)N1CCCC(c2nc(-c3cccc(F)c3)no2)C1. The second-order valence-corrected chi connectivity index (χ2v) is 7.68. The van der Waals surface area contributed by atoms with Gasteiger partial charge in [0.15, 0.2) is 0 Å². The van der Waals surface area contributed by atoms with E-state index >= 15 is 0 Å². The lowest BCUT2D eigenvalue weighted by molar-refractivity contribution is -0.126. The Labute approximate surface area is 184 Å². The summed E-state index contributed by atoms with van der Waals surface area (Å²) in [5.74, 6) is -0.0775. The number of piperidine rings is 1. The van der Waals surface area contributed by atoms with Crippen LogP contribution in [0.1, 0.15) is 36.3 Å². The highest BCUT2D eigenvalue weighted by molar-refractivity contribution is 5.97. The van der Waals surface area contributed by atoms with Crippen molar-refractivity contribution in [3.05, 3.63) is 71.9 Å². The first-order valence-electron chi connectivity index (χ1n) is 10.5. The van der Waals surface area contributed by atoms with Crippen molar-refractivity contribution in [3.63, 3.8) is 0 Å². The Hall–Kier alpha value is -3.59. The summed E-state index contributed by atoms with van der Waals surface area (Å²) in [6.45, 7) is 1.19. The topological polar surface area (TPSA) is 100 Å². The molecule has 1 aliphatic heterocycles. The minimum atomic E-state index is -0.637. The van der Waals surface area contributed by atoms with Crippen molar-refractivity contribution in [2.45, 2.75) is 24.8 Å². The molecule has 1 aromatic heterocycles. The molecule has 9 heteroatoms. The average molecular weight is 437 g/mol. The Morgan fingerprint density at radius 2 is 2.00 bits per heavy atom. The van der Waals surface area contributed by atoms with E-state index in [1.807, 2.05) is 35.2 Å². The molecular weight excluding hydrogens is 413 g/mol. The van der Waals surface area contributed by atoms with E-state index < -0.39 is 18.0 Å². The molecule has 2 atom stereocenters. The molecule has 0 spiro atoms. The van der Waals surface area contributed by atoms with E-state index in [9.17, 15) is 14.0 Å². The van der Waals surface area contributed by atoms with Gasteiger partial charge in [-0.2, -0.15) is 4.98 Å². The van der Waals surface area contributed by atoms with Crippen molar-refractivity contribution in [3.8, 4) is 11.4 Å². The monoisotopic (exact) mass is 437 g/mol. The number of urea groups is 1. The molecule has 0 bridgehead atoms. The molecule has 0 aliphatic carbocycles. The lowest BCUT2D eigenvalue weighted by Crippen LogP contribution is -2.48. The van der Waals surface area contributed by atoms with Gasteiger partial charge in [0.25, 0.3) is 0 Å². The van der Waals surface area contributed by atoms with Gasteiger partial charge in [-0.15, -0.1) is 0 Å². The van der Waals surface area contributed by atoms with E-state index in [1.54, 1.807) is 12.1 Å². The van der Waals surface area contributed by atoms with Crippen LogP contribution in [0.4, 0.5) is 9.18 Å². The predicted octanol–water partition coefficient (Wildman–Crippen LogP) is 3.25. The summed E-state index contributed by atoms with van der Waals surface area (Å²) in [4.78, 5) is 31.2. The average Bonchev–Trinajstić information content (AvgIpc) is 3.31. The fourth-order valence-electron chi connectivity index (χ4n) is 3.99. The third-order valence-electron chi connectivity index (χ3n) is 5.52. The van der Waals surface area contributed by atoms with Crippen molar-refractivity contribution in [2.24, 2.45) is 0 Å². The van der Waals surface area contributed by atoms with Crippen molar-refractivity contribution in [1.29, 1.82) is 0 Å². The highest BCUT2D eigenvalue weighted by Crippen LogP contribution is 2.32. The molecule has 1 aliphatic rings. The molecule has 32 heavy (non-hydrogen) atoms. The van der Waals surface area contributed by atoms with Crippen LogP contribution in [0.25, 0.3) is 11.4 Å².